The SMILES string of the molecule is CC(=O)N1CCCc2ccc(NC(=O)c3cccc(Br)c3)cc21. The van der Waals surface area contributed by atoms with E-state index in [1.165, 1.54) is 0 Å². The fourth-order valence-corrected chi connectivity index (χ4v) is 3.21. The van der Waals surface area contributed by atoms with Gasteiger partial charge in [-0.05, 0) is 48.7 Å². The van der Waals surface area contributed by atoms with Crippen LogP contribution in [0, 0.1) is 0 Å². The molecule has 0 aromatic heterocycles. The highest BCUT2D eigenvalue weighted by molar-refractivity contribution is 9.10. The van der Waals surface area contributed by atoms with Gasteiger partial charge in [0.1, 0.15) is 0 Å². The van der Waals surface area contributed by atoms with Gasteiger partial charge in [-0.25, -0.2) is 0 Å². The number of benzene rings is 2. The van der Waals surface area contributed by atoms with E-state index in [9.17, 15) is 9.59 Å². The van der Waals surface area contributed by atoms with E-state index in [4.69, 9.17) is 0 Å². The van der Waals surface area contributed by atoms with Crippen LogP contribution in [-0.2, 0) is 11.2 Å². The summed E-state index contributed by atoms with van der Waals surface area (Å²) in [7, 11) is 0. The highest BCUT2D eigenvalue weighted by atomic mass is 79.9. The van der Waals surface area contributed by atoms with Crippen molar-refractivity contribution in [2.75, 3.05) is 16.8 Å². The minimum Gasteiger partial charge on any atom is -0.322 e. The molecule has 0 aliphatic carbocycles. The fourth-order valence-electron chi connectivity index (χ4n) is 2.81. The molecule has 0 saturated carbocycles. The van der Waals surface area contributed by atoms with Crippen LogP contribution in [0.2, 0.25) is 0 Å². The Balaban J connectivity index is 1.85. The van der Waals surface area contributed by atoms with Gasteiger partial charge in [-0.3, -0.25) is 9.59 Å². The average molecular weight is 373 g/mol. The van der Waals surface area contributed by atoms with Gasteiger partial charge in [0.2, 0.25) is 5.91 Å². The van der Waals surface area contributed by atoms with E-state index < -0.39 is 0 Å². The molecule has 118 valence electrons. The lowest BCUT2D eigenvalue weighted by atomic mass is 10.0. The number of hydrogen-bond acceptors (Lipinski definition) is 2. The van der Waals surface area contributed by atoms with Crippen molar-refractivity contribution in [3.05, 3.63) is 58.1 Å². The van der Waals surface area contributed by atoms with Crippen molar-refractivity contribution >= 4 is 39.1 Å². The van der Waals surface area contributed by atoms with Gasteiger partial charge in [-0.1, -0.05) is 28.1 Å². The van der Waals surface area contributed by atoms with Gasteiger partial charge >= 0.3 is 0 Å². The summed E-state index contributed by atoms with van der Waals surface area (Å²) in [6, 6.07) is 13.0. The molecule has 4 nitrogen and oxygen atoms in total. The minimum absolute atomic E-state index is 0.0291. The first-order valence-corrected chi connectivity index (χ1v) is 8.32. The zero-order chi connectivity index (χ0) is 16.4. The molecule has 2 aromatic carbocycles. The maximum atomic E-state index is 12.3. The molecule has 1 heterocycles. The van der Waals surface area contributed by atoms with Crippen LogP contribution in [0.25, 0.3) is 0 Å². The second-order valence-electron chi connectivity index (χ2n) is 5.58. The quantitative estimate of drug-likeness (QED) is 0.865. The first-order valence-electron chi connectivity index (χ1n) is 7.52. The fraction of sp³-hybridized carbons (Fsp3) is 0.222. The van der Waals surface area contributed by atoms with E-state index in [0.717, 1.165) is 35.1 Å². The maximum absolute atomic E-state index is 12.3. The molecule has 3 rings (SSSR count). The number of nitrogens with one attached hydrogen (secondary N) is 1. The van der Waals surface area contributed by atoms with Crippen molar-refractivity contribution in [1.29, 1.82) is 0 Å². The summed E-state index contributed by atoms with van der Waals surface area (Å²) in [5.74, 6) is -0.141. The van der Waals surface area contributed by atoms with Gasteiger partial charge in [-0.15, -0.1) is 0 Å². The lowest BCUT2D eigenvalue weighted by molar-refractivity contribution is -0.116. The molecule has 2 aromatic rings. The molecule has 2 amide bonds. The Morgan fingerprint density at radius 3 is 2.74 bits per heavy atom. The number of anilines is 2. The van der Waals surface area contributed by atoms with Gasteiger partial charge in [0.15, 0.2) is 0 Å². The first kappa shape index (κ1) is 15.7. The standard InChI is InChI=1S/C18H17BrN2O2/c1-12(22)21-9-3-5-13-7-8-16(11-17(13)21)20-18(23)14-4-2-6-15(19)10-14/h2,4,6-8,10-11H,3,5,9H2,1H3,(H,20,23). The molecule has 1 N–H and O–H groups in total. The second kappa shape index (κ2) is 6.54. The van der Waals surface area contributed by atoms with Gasteiger partial charge in [0.05, 0.1) is 0 Å². The smallest absolute Gasteiger partial charge is 0.255 e. The number of hydrogen-bond donors (Lipinski definition) is 1. The predicted molar refractivity (Wildman–Crippen MR) is 94.9 cm³/mol. The highest BCUT2D eigenvalue weighted by Gasteiger charge is 2.20. The molecule has 1 aliphatic heterocycles. The summed E-state index contributed by atoms with van der Waals surface area (Å²) in [6.07, 6.45) is 1.93. The molecule has 1 aliphatic rings. The molecule has 5 heteroatoms. The van der Waals surface area contributed by atoms with E-state index >= 15 is 0 Å². The molecular weight excluding hydrogens is 356 g/mol. The number of carbonyl (C=O) groups excluding carboxylic acids is 2. The normalized spacial score (nSPS) is 13.4. The Bertz CT molecular complexity index is 773. The molecule has 0 atom stereocenters. The summed E-state index contributed by atoms with van der Waals surface area (Å²) in [5, 5.41) is 2.90. The van der Waals surface area contributed by atoms with Crippen molar-refractivity contribution in [3.8, 4) is 0 Å². The molecule has 0 spiro atoms. The predicted octanol–water partition coefficient (Wildman–Crippen LogP) is 4.00. The van der Waals surface area contributed by atoms with Crippen LogP contribution in [0.1, 0.15) is 29.3 Å². The summed E-state index contributed by atoms with van der Waals surface area (Å²) in [4.78, 5) is 25.9. The molecule has 0 unspecified atom stereocenters. The zero-order valence-electron chi connectivity index (χ0n) is 12.8. The molecule has 0 fully saturated rings. The van der Waals surface area contributed by atoms with Crippen molar-refractivity contribution in [2.45, 2.75) is 19.8 Å². The Hall–Kier alpha value is -2.14. The van der Waals surface area contributed by atoms with E-state index in [0.29, 0.717) is 11.3 Å². The average Bonchev–Trinajstić information content (AvgIpc) is 2.54. The topological polar surface area (TPSA) is 49.4 Å². The number of aryl methyl sites for hydroxylation is 1. The van der Waals surface area contributed by atoms with E-state index in [-0.39, 0.29) is 11.8 Å². The molecule has 0 bridgehead atoms. The van der Waals surface area contributed by atoms with Crippen LogP contribution < -0.4 is 10.2 Å². The number of halogens is 1. The third-order valence-electron chi connectivity index (χ3n) is 3.93. The molecule has 0 radical (unpaired) electrons. The van der Waals surface area contributed by atoms with E-state index in [1.807, 2.05) is 30.3 Å². The van der Waals surface area contributed by atoms with Crippen LogP contribution >= 0.6 is 15.9 Å². The van der Waals surface area contributed by atoms with Crippen molar-refractivity contribution in [3.63, 3.8) is 0 Å². The van der Waals surface area contributed by atoms with Crippen molar-refractivity contribution in [1.82, 2.24) is 0 Å². The van der Waals surface area contributed by atoms with Crippen LogP contribution in [0.15, 0.2) is 46.9 Å². The Morgan fingerprint density at radius 2 is 2.00 bits per heavy atom. The summed E-state index contributed by atoms with van der Waals surface area (Å²) in [6.45, 7) is 2.30. The highest BCUT2D eigenvalue weighted by Crippen LogP contribution is 2.30. The van der Waals surface area contributed by atoms with Crippen LogP contribution in [0.3, 0.4) is 0 Å². The largest absolute Gasteiger partial charge is 0.322 e. The number of amides is 2. The molecule has 0 saturated heterocycles. The molecule has 23 heavy (non-hydrogen) atoms. The first-order chi connectivity index (χ1) is 11.0. The summed E-state index contributed by atoms with van der Waals surface area (Å²) >= 11 is 3.36. The van der Waals surface area contributed by atoms with E-state index in [1.54, 1.807) is 24.0 Å². The zero-order valence-corrected chi connectivity index (χ0v) is 14.4. The number of rotatable bonds is 2. The summed E-state index contributed by atoms with van der Waals surface area (Å²) in [5.41, 5.74) is 3.32. The van der Waals surface area contributed by atoms with Gasteiger partial charge in [0, 0.05) is 34.9 Å². The lowest BCUT2D eigenvalue weighted by Crippen LogP contribution is -2.33. The Labute approximate surface area is 143 Å². The number of nitrogens with zero attached hydrogens (tertiary/aromatic N) is 1. The minimum atomic E-state index is -0.170. The van der Waals surface area contributed by atoms with Gasteiger partial charge in [-0.2, -0.15) is 0 Å². The Kier molecular flexibility index (Phi) is 4.48. The number of carbonyl (C=O) groups is 2. The monoisotopic (exact) mass is 372 g/mol. The van der Waals surface area contributed by atoms with Crippen LogP contribution in [-0.4, -0.2) is 18.4 Å². The third kappa shape index (κ3) is 3.45. The third-order valence-corrected chi connectivity index (χ3v) is 4.42. The van der Waals surface area contributed by atoms with E-state index in [2.05, 4.69) is 21.2 Å². The van der Waals surface area contributed by atoms with Crippen LogP contribution in [0.4, 0.5) is 11.4 Å². The van der Waals surface area contributed by atoms with Crippen molar-refractivity contribution < 1.29 is 9.59 Å². The second-order valence-corrected chi connectivity index (χ2v) is 6.50. The molecular formula is C18H17BrN2O2. The lowest BCUT2D eigenvalue weighted by Gasteiger charge is -2.29. The van der Waals surface area contributed by atoms with Crippen molar-refractivity contribution in [2.24, 2.45) is 0 Å². The van der Waals surface area contributed by atoms with Gasteiger partial charge < -0.3 is 10.2 Å². The maximum Gasteiger partial charge on any atom is 0.255 e. The summed E-state index contributed by atoms with van der Waals surface area (Å²) < 4.78 is 0.860. The number of fused-ring (bicyclic) bond motifs is 1. The Morgan fingerprint density at radius 1 is 1.17 bits per heavy atom. The van der Waals surface area contributed by atoms with Gasteiger partial charge in [0.25, 0.3) is 5.91 Å². The van der Waals surface area contributed by atoms with Crippen LogP contribution in [0.5, 0.6) is 0 Å².